The highest BCUT2D eigenvalue weighted by Gasteiger charge is 2.13. The highest BCUT2D eigenvalue weighted by molar-refractivity contribution is 5.91. The fourth-order valence-corrected chi connectivity index (χ4v) is 1.37. The predicted molar refractivity (Wildman–Crippen MR) is 58.5 cm³/mol. The van der Waals surface area contributed by atoms with E-state index in [1.54, 1.807) is 6.08 Å². The first kappa shape index (κ1) is 12.0. The summed E-state index contributed by atoms with van der Waals surface area (Å²) < 4.78 is 10.2. The summed E-state index contributed by atoms with van der Waals surface area (Å²) in [5.74, 6) is -0.279. The molecule has 0 aromatic rings. The van der Waals surface area contributed by atoms with Crippen LogP contribution in [0, 0.1) is 0 Å². The number of hydrogen-bond acceptors (Lipinski definition) is 3. The Hall–Kier alpha value is -1.09. The van der Waals surface area contributed by atoms with Gasteiger partial charge in [0.05, 0.1) is 18.8 Å². The van der Waals surface area contributed by atoms with Gasteiger partial charge in [-0.2, -0.15) is 0 Å². The van der Waals surface area contributed by atoms with Gasteiger partial charge in [0.15, 0.2) is 0 Å². The molecule has 0 N–H and O–H groups in total. The number of methoxy groups -OCH3 is 1. The van der Waals surface area contributed by atoms with Gasteiger partial charge in [0.25, 0.3) is 0 Å². The number of hydrogen-bond donors (Lipinski definition) is 0. The van der Waals surface area contributed by atoms with Gasteiger partial charge in [0, 0.05) is 6.61 Å². The molecule has 84 valence electrons. The van der Waals surface area contributed by atoms with Crippen LogP contribution in [0.15, 0.2) is 23.8 Å². The summed E-state index contributed by atoms with van der Waals surface area (Å²) in [6.07, 6.45) is 8.64. The summed E-state index contributed by atoms with van der Waals surface area (Å²) in [7, 11) is 1.39. The molecule has 0 radical (unpaired) electrons. The Labute approximate surface area is 90.8 Å². The quantitative estimate of drug-likeness (QED) is 0.515. The molecule has 0 heterocycles. The molecule has 0 aromatic heterocycles. The van der Waals surface area contributed by atoms with Gasteiger partial charge in [-0.3, -0.25) is 0 Å². The van der Waals surface area contributed by atoms with E-state index in [1.165, 1.54) is 7.11 Å². The molecule has 0 amide bonds. The lowest BCUT2D eigenvalue weighted by molar-refractivity contribution is -0.135. The molecular weight excluding hydrogens is 192 g/mol. The van der Waals surface area contributed by atoms with Crippen molar-refractivity contribution < 1.29 is 14.3 Å². The lowest BCUT2D eigenvalue weighted by Crippen LogP contribution is -2.15. The second-order valence-electron chi connectivity index (χ2n) is 3.51. The first-order chi connectivity index (χ1) is 7.27. The average molecular weight is 210 g/mol. The van der Waals surface area contributed by atoms with Crippen molar-refractivity contribution in [2.24, 2.45) is 0 Å². The maximum absolute atomic E-state index is 11.2. The largest absolute Gasteiger partial charge is 0.465 e. The van der Waals surface area contributed by atoms with Crippen molar-refractivity contribution in [3.8, 4) is 0 Å². The molecule has 3 nitrogen and oxygen atoms in total. The smallest absolute Gasteiger partial charge is 0.337 e. The lowest BCUT2D eigenvalue weighted by Gasteiger charge is -2.15. The minimum atomic E-state index is -0.279. The number of ether oxygens (including phenoxy) is 2. The van der Waals surface area contributed by atoms with Crippen LogP contribution >= 0.6 is 0 Å². The molecule has 3 heteroatoms. The van der Waals surface area contributed by atoms with Gasteiger partial charge in [-0.05, 0) is 18.9 Å². The molecule has 15 heavy (non-hydrogen) atoms. The molecule has 0 saturated heterocycles. The monoisotopic (exact) mass is 210 g/mol. The van der Waals surface area contributed by atoms with E-state index in [0.29, 0.717) is 5.57 Å². The average Bonchev–Trinajstić information content (AvgIpc) is 2.29. The molecule has 0 spiro atoms. The fraction of sp³-hybridized carbons (Fsp3) is 0.583. The van der Waals surface area contributed by atoms with E-state index in [1.807, 2.05) is 12.2 Å². The van der Waals surface area contributed by atoms with Crippen molar-refractivity contribution in [3.63, 3.8) is 0 Å². The summed E-state index contributed by atoms with van der Waals surface area (Å²) in [4.78, 5) is 11.2. The summed E-state index contributed by atoms with van der Waals surface area (Å²) in [6.45, 7) is 2.92. The van der Waals surface area contributed by atoms with Crippen LogP contribution in [0.5, 0.6) is 0 Å². The van der Waals surface area contributed by atoms with Crippen molar-refractivity contribution in [2.45, 2.75) is 32.3 Å². The number of carbonyl (C=O) groups is 1. The SMILES string of the molecule is CCCCOC1C=CC(C(=O)OC)=CC1. The van der Waals surface area contributed by atoms with E-state index in [9.17, 15) is 4.79 Å². The molecular formula is C12H18O3. The third-order valence-electron chi connectivity index (χ3n) is 2.31. The van der Waals surface area contributed by atoms with E-state index in [2.05, 4.69) is 11.7 Å². The topological polar surface area (TPSA) is 35.5 Å². The molecule has 0 aromatic carbocycles. The van der Waals surface area contributed by atoms with Gasteiger partial charge >= 0.3 is 5.97 Å². The first-order valence-corrected chi connectivity index (χ1v) is 5.36. The summed E-state index contributed by atoms with van der Waals surface area (Å²) in [6, 6.07) is 0. The zero-order chi connectivity index (χ0) is 11.1. The van der Waals surface area contributed by atoms with Crippen LogP contribution in [0.2, 0.25) is 0 Å². The summed E-state index contributed by atoms with van der Waals surface area (Å²) in [5, 5.41) is 0. The van der Waals surface area contributed by atoms with E-state index in [4.69, 9.17) is 4.74 Å². The second kappa shape index (κ2) is 6.40. The third kappa shape index (κ3) is 3.88. The molecule has 0 aliphatic heterocycles. The Morgan fingerprint density at radius 1 is 1.60 bits per heavy atom. The highest BCUT2D eigenvalue weighted by atomic mass is 16.5. The molecule has 0 bridgehead atoms. The molecule has 1 unspecified atom stereocenters. The minimum absolute atomic E-state index is 0.116. The van der Waals surface area contributed by atoms with Crippen LogP contribution in [0.4, 0.5) is 0 Å². The van der Waals surface area contributed by atoms with Crippen molar-refractivity contribution in [2.75, 3.05) is 13.7 Å². The first-order valence-electron chi connectivity index (χ1n) is 5.36. The number of carbonyl (C=O) groups excluding carboxylic acids is 1. The number of rotatable bonds is 5. The van der Waals surface area contributed by atoms with Gasteiger partial charge in [-0.15, -0.1) is 0 Å². The van der Waals surface area contributed by atoms with Crippen LogP contribution in [0.25, 0.3) is 0 Å². The van der Waals surface area contributed by atoms with Crippen LogP contribution in [-0.2, 0) is 14.3 Å². The standard InChI is InChI=1S/C12H18O3/c1-3-4-9-15-11-7-5-10(6-8-11)12(13)14-2/h5-7,11H,3-4,8-9H2,1-2H3. The van der Waals surface area contributed by atoms with Crippen LogP contribution in [-0.4, -0.2) is 25.8 Å². The molecule has 1 aliphatic rings. The maximum atomic E-state index is 11.2. The van der Waals surface area contributed by atoms with E-state index < -0.39 is 0 Å². The molecule has 0 saturated carbocycles. The Morgan fingerprint density at radius 3 is 2.93 bits per heavy atom. The maximum Gasteiger partial charge on any atom is 0.337 e. The van der Waals surface area contributed by atoms with Crippen molar-refractivity contribution >= 4 is 5.97 Å². The summed E-state index contributed by atoms with van der Waals surface area (Å²) >= 11 is 0. The fourth-order valence-electron chi connectivity index (χ4n) is 1.37. The zero-order valence-electron chi connectivity index (χ0n) is 9.36. The van der Waals surface area contributed by atoms with E-state index in [-0.39, 0.29) is 12.1 Å². The second-order valence-corrected chi connectivity index (χ2v) is 3.51. The van der Waals surface area contributed by atoms with Crippen molar-refractivity contribution in [3.05, 3.63) is 23.8 Å². The van der Waals surface area contributed by atoms with Gasteiger partial charge in [0.2, 0.25) is 0 Å². The predicted octanol–water partition coefficient (Wildman–Crippen LogP) is 2.23. The molecule has 1 rings (SSSR count). The normalized spacial score (nSPS) is 19.9. The third-order valence-corrected chi connectivity index (χ3v) is 2.31. The van der Waals surface area contributed by atoms with E-state index in [0.717, 1.165) is 25.9 Å². The number of esters is 1. The van der Waals surface area contributed by atoms with Gasteiger partial charge in [-0.25, -0.2) is 4.79 Å². The zero-order valence-corrected chi connectivity index (χ0v) is 9.36. The lowest BCUT2D eigenvalue weighted by atomic mass is 10.1. The molecule has 1 atom stereocenters. The Bertz CT molecular complexity index is 266. The van der Waals surface area contributed by atoms with Gasteiger partial charge in [0.1, 0.15) is 0 Å². The van der Waals surface area contributed by atoms with Crippen molar-refractivity contribution in [1.82, 2.24) is 0 Å². The Balaban J connectivity index is 2.32. The van der Waals surface area contributed by atoms with Gasteiger partial charge in [-0.1, -0.05) is 25.5 Å². The molecule has 0 fully saturated rings. The van der Waals surface area contributed by atoms with Crippen LogP contribution in [0.3, 0.4) is 0 Å². The van der Waals surface area contributed by atoms with E-state index >= 15 is 0 Å². The van der Waals surface area contributed by atoms with Crippen molar-refractivity contribution in [1.29, 1.82) is 0 Å². The Kier molecular flexibility index (Phi) is 5.12. The highest BCUT2D eigenvalue weighted by Crippen LogP contribution is 2.14. The minimum Gasteiger partial charge on any atom is -0.465 e. The van der Waals surface area contributed by atoms with Crippen LogP contribution < -0.4 is 0 Å². The van der Waals surface area contributed by atoms with Gasteiger partial charge < -0.3 is 9.47 Å². The summed E-state index contributed by atoms with van der Waals surface area (Å²) in [5.41, 5.74) is 0.618. The number of unbranched alkanes of at least 4 members (excludes halogenated alkanes) is 1. The Morgan fingerprint density at radius 2 is 2.40 bits per heavy atom. The molecule has 1 aliphatic carbocycles. The van der Waals surface area contributed by atoms with Crippen LogP contribution in [0.1, 0.15) is 26.2 Å².